The Labute approximate surface area is 104 Å². The molecular weight excluding hydrogens is 240 g/mol. The summed E-state index contributed by atoms with van der Waals surface area (Å²) in [6, 6.07) is 9.22. The molecule has 17 heavy (non-hydrogen) atoms. The van der Waals surface area contributed by atoms with E-state index < -0.39 is 6.10 Å². The summed E-state index contributed by atoms with van der Waals surface area (Å²) in [5.74, 6) is 0.279. The van der Waals surface area contributed by atoms with Gasteiger partial charge in [-0.05, 0) is 17.2 Å². The number of nitrogens with zero attached hydrogens (tertiary/aromatic N) is 2. The van der Waals surface area contributed by atoms with Crippen molar-refractivity contribution in [3.63, 3.8) is 0 Å². The SMILES string of the molecule is COc1nc(Cl)ncc1C(O)c1ccccc1. The van der Waals surface area contributed by atoms with Crippen LogP contribution in [0.25, 0.3) is 0 Å². The summed E-state index contributed by atoms with van der Waals surface area (Å²) in [5.41, 5.74) is 1.24. The van der Waals surface area contributed by atoms with Crippen molar-refractivity contribution in [2.75, 3.05) is 7.11 Å². The second kappa shape index (κ2) is 5.12. The first-order valence-corrected chi connectivity index (χ1v) is 5.39. The van der Waals surface area contributed by atoms with Gasteiger partial charge >= 0.3 is 0 Å². The van der Waals surface area contributed by atoms with Gasteiger partial charge in [-0.25, -0.2) is 4.98 Å². The minimum absolute atomic E-state index is 0.0888. The lowest BCUT2D eigenvalue weighted by atomic mass is 10.0. The fraction of sp³-hybridized carbons (Fsp3) is 0.167. The third-order valence-electron chi connectivity index (χ3n) is 2.35. The van der Waals surface area contributed by atoms with Crippen molar-refractivity contribution >= 4 is 11.6 Å². The summed E-state index contributed by atoms with van der Waals surface area (Å²) in [7, 11) is 1.47. The van der Waals surface area contributed by atoms with Crippen LogP contribution in [0.5, 0.6) is 5.88 Å². The van der Waals surface area contributed by atoms with Gasteiger partial charge in [0, 0.05) is 6.20 Å². The monoisotopic (exact) mass is 250 g/mol. The number of benzene rings is 1. The van der Waals surface area contributed by atoms with E-state index in [9.17, 15) is 5.11 Å². The first-order chi connectivity index (χ1) is 8.22. The van der Waals surface area contributed by atoms with Gasteiger partial charge in [0.05, 0.1) is 12.7 Å². The predicted molar refractivity (Wildman–Crippen MR) is 64.1 cm³/mol. The summed E-state index contributed by atoms with van der Waals surface area (Å²) in [6.45, 7) is 0. The molecule has 2 rings (SSSR count). The molecule has 0 aliphatic rings. The Kier molecular flexibility index (Phi) is 3.56. The lowest BCUT2D eigenvalue weighted by molar-refractivity contribution is 0.212. The molecule has 1 N–H and O–H groups in total. The molecule has 4 nitrogen and oxygen atoms in total. The fourth-order valence-electron chi connectivity index (χ4n) is 1.52. The molecule has 0 saturated carbocycles. The van der Waals surface area contributed by atoms with Crippen LogP contribution in [0, 0.1) is 0 Å². The van der Waals surface area contributed by atoms with Gasteiger partial charge in [-0.3, -0.25) is 0 Å². The maximum Gasteiger partial charge on any atom is 0.225 e. The Morgan fingerprint density at radius 1 is 1.29 bits per heavy atom. The molecular formula is C12H11ClN2O2. The van der Waals surface area contributed by atoms with Crippen molar-refractivity contribution in [1.29, 1.82) is 0 Å². The molecule has 0 saturated heterocycles. The number of hydrogen-bond donors (Lipinski definition) is 1. The third kappa shape index (κ3) is 2.54. The highest BCUT2D eigenvalue weighted by Crippen LogP contribution is 2.28. The van der Waals surface area contributed by atoms with Gasteiger partial charge in [0.25, 0.3) is 0 Å². The van der Waals surface area contributed by atoms with Crippen molar-refractivity contribution in [2.24, 2.45) is 0 Å². The van der Waals surface area contributed by atoms with Crippen molar-refractivity contribution in [3.8, 4) is 5.88 Å². The molecule has 0 radical (unpaired) electrons. The Hall–Kier alpha value is -1.65. The van der Waals surface area contributed by atoms with Crippen LogP contribution in [0.1, 0.15) is 17.2 Å². The van der Waals surface area contributed by atoms with Gasteiger partial charge in [-0.2, -0.15) is 4.98 Å². The number of rotatable bonds is 3. The number of methoxy groups -OCH3 is 1. The molecule has 1 atom stereocenters. The largest absolute Gasteiger partial charge is 0.481 e. The smallest absolute Gasteiger partial charge is 0.225 e. The number of aliphatic hydroxyl groups excluding tert-OH is 1. The van der Waals surface area contributed by atoms with Gasteiger partial charge in [0.15, 0.2) is 0 Å². The van der Waals surface area contributed by atoms with Crippen molar-refractivity contribution < 1.29 is 9.84 Å². The fourth-order valence-corrected chi connectivity index (χ4v) is 1.65. The molecule has 0 aliphatic heterocycles. The minimum atomic E-state index is -0.830. The van der Waals surface area contributed by atoms with Crippen LogP contribution in [0.3, 0.4) is 0 Å². The number of hydrogen-bond acceptors (Lipinski definition) is 4. The molecule has 1 aromatic heterocycles. The van der Waals surface area contributed by atoms with Gasteiger partial charge in [-0.1, -0.05) is 30.3 Å². The van der Waals surface area contributed by atoms with E-state index in [1.165, 1.54) is 13.3 Å². The molecule has 88 valence electrons. The highest BCUT2D eigenvalue weighted by Gasteiger charge is 2.17. The van der Waals surface area contributed by atoms with E-state index in [-0.39, 0.29) is 11.2 Å². The van der Waals surface area contributed by atoms with E-state index in [0.29, 0.717) is 5.56 Å². The summed E-state index contributed by atoms with van der Waals surface area (Å²) in [5, 5.41) is 10.3. The molecule has 1 unspecified atom stereocenters. The quantitative estimate of drug-likeness (QED) is 0.849. The number of halogens is 1. The molecule has 0 fully saturated rings. The normalized spacial score (nSPS) is 12.2. The topological polar surface area (TPSA) is 55.2 Å². The van der Waals surface area contributed by atoms with E-state index in [1.807, 2.05) is 30.3 Å². The first kappa shape index (κ1) is 11.8. The van der Waals surface area contributed by atoms with Crippen LogP contribution < -0.4 is 4.74 Å². The first-order valence-electron chi connectivity index (χ1n) is 5.02. The van der Waals surface area contributed by atoms with Gasteiger partial charge in [0.1, 0.15) is 6.10 Å². The van der Waals surface area contributed by atoms with Crippen LogP contribution in [0.15, 0.2) is 36.5 Å². The standard InChI is InChI=1S/C12H11ClN2O2/c1-17-11-9(7-14-12(13)15-11)10(16)8-5-3-2-4-6-8/h2-7,10,16H,1H3. The van der Waals surface area contributed by atoms with Crippen LogP contribution in [0.4, 0.5) is 0 Å². The Morgan fingerprint density at radius 3 is 2.65 bits per heavy atom. The molecule has 2 aromatic rings. The number of aliphatic hydroxyl groups is 1. The minimum Gasteiger partial charge on any atom is -0.481 e. The Morgan fingerprint density at radius 2 is 2.00 bits per heavy atom. The Balaban J connectivity index is 2.40. The molecule has 0 bridgehead atoms. The van der Waals surface area contributed by atoms with Crippen LogP contribution in [-0.2, 0) is 0 Å². The molecule has 0 spiro atoms. The second-order valence-corrected chi connectivity index (χ2v) is 3.75. The molecule has 0 amide bonds. The summed E-state index contributed by atoms with van der Waals surface area (Å²) in [4.78, 5) is 7.76. The second-order valence-electron chi connectivity index (χ2n) is 3.42. The van der Waals surface area contributed by atoms with Crippen molar-refractivity contribution in [1.82, 2.24) is 9.97 Å². The molecule has 5 heteroatoms. The van der Waals surface area contributed by atoms with Crippen LogP contribution in [-0.4, -0.2) is 22.2 Å². The van der Waals surface area contributed by atoms with Gasteiger partial charge < -0.3 is 9.84 Å². The highest BCUT2D eigenvalue weighted by atomic mass is 35.5. The van der Waals surface area contributed by atoms with Gasteiger partial charge in [0.2, 0.25) is 11.2 Å². The average molecular weight is 251 g/mol. The lowest BCUT2D eigenvalue weighted by Crippen LogP contribution is -2.05. The highest BCUT2D eigenvalue weighted by molar-refractivity contribution is 6.28. The van der Waals surface area contributed by atoms with Gasteiger partial charge in [-0.15, -0.1) is 0 Å². The van der Waals surface area contributed by atoms with Crippen LogP contribution in [0.2, 0.25) is 5.28 Å². The lowest BCUT2D eigenvalue weighted by Gasteiger charge is -2.13. The third-order valence-corrected chi connectivity index (χ3v) is 2.54. The zero-order chi connectivity index (χ0) is 12.3. The molecule has 1 heterocycles. The zero-order valence-electron chi connectivity index (χ0n) is 9.17. The maximum atomic E-state index is 10.2. The van der Waals surface area contributed by atoms with E-state index in [2.05, 4.69) is 9.97 Å². The average Bonchev–Trinajstić information content (AvgIpc) is 2.39. The zero-order valence-corrected chi connectivity index (χ0v) is 9.93. The van der Waals surface area contributed by atoms with E-state index in [4.69, 9.17) is 16.3 Å². The number of aromatic nitrogens is 2. The number of ether oxygens (including phenoxy) is 1. The summed E-state index contributed by atoms with van der Waals surface area (Å²) < 4.78 is 5.07. The molecule has 1 aromatic carbocycles. The Bertz CT molecular complexity index is 505. The van der Waals surface area contributed by atoms with E-state index in [0.717, 1.165) is 5.56 Å². The van der Waals surface area contributed by atoms with E-state index in [1.54, 1.807) is 0 Å². The van der Waals surface area contributed by atoms with Crippen molar-refractivity contribution in [3.05, 3.63) is 52.9 Å². The molecule has 0 aliphatic carbocycles. The summed E-state index contributed by atoms with van der Waals surface area (Å²) >= 11 is 5.66. The maximum absolute atomic E-state index is 10.2. The summed E-state index contributed by atoms with van der Waals surface area (Å²) in [6.07, 6.45) is 0.634. The van der Waals surface area contributed by atoms with Crippen molar-refractivity contribution in [2.45, 2.75) is 6.10 Å². The van der Waals surface area contributed by atoms with E-state index >= 15 is 0 Å². The van der Waals surface area contributed by atoms with Crippen LogP contribution >= 0.6 is 11.6 Å². The predicted octanol–water partition coefficient (Wildman–Crippen LogP) is 2.22.